The molecule has 10 heteroatoms. The quantitative estimate of drug-likeness (QED) is 0.268. The van der Waals surface area contributed by atoms with Crippen LogP contribution in [0, 0.1) is 11.8 Å². The molecule has 0 saturated carbocycles. The number of rotatable bonds is 14. The van der Waals surface area contributed by atoms with Gasteiger partial charge in [0.15, 0.2) is 0 Å². The lowest BCUT2D eigenvalue weighted by Crippen LogP contribution is -2.44. The van der Waals surface area contributed by atoms with Crippen molar-refractivity contribution >= 4 is 29.3 Å². The van der Waals surface area contributed by atoms with Crippen molar-refractivity contribution in [2.75, 3.05) is 20.8 Å². The van der Waals surface area contributed by atoms with Crippen LogP contribution in [0.1, 0.15) is 88.5 Å². The smallest absolute Gasteiger partial charge is 0.410 e. The minimum atomic E-state index is -0.600. The SMILES string of the molecule is CCOC(=O)[C@@H](C)C[C@H](Cc1ccccc1)NC(=O)c1csc([C@@H](C[C@H](C(C)C)N(C)C(=O)OC(C)(C)C)OC)n1. The van der Waals surface area contributed by atoms with E-state index in [9.17, 15) is 14.4 Å². The van der Waals surface area contributed by atoms with Gasteiger partial charge in [0.25, 0.3) is 5.91 Å². The molecule has 4 atom stereocenters. The number of benzene rings is 1. The van der Waals surface area contributed by atoms with Gasteiger partial charge in [-0.3, -0.25) is 9.59 Å². The molecule has 1 N–H and O–H groups in total. The first-order chi connectivity index (χ1) is 19.2. The van der Waals surface area contributed by atoms with Crippen molar-refractivity contribution in [2.24, 2.45) is 11.8 Å². The topological polar surface area (TPSA) is 107 Å². The predicted molar refractivity (Wildman–Crippen MR) is 161 cm³/mol. The molecule has 1 heterocycles. The molecule has 2 rings (SSSR count). The van der Waals surface area contributed by atoms with Gasteiger partial charge >= 0.3 is 12.1 Å². The van der Waals surface area contributed by atoms with E-state index >= 15 is 0 Å². The standard InChI is InChI=1S/C31H47N3O6S/c1-10-39-29(36)21(4)16-23(17-22-14-12-11-13-15-22)32-27(35)24-19-41-28(33-24)26(38-9)18-25(20(2)3)34(8)30(37)40-31(5,6)7/h11-15,19-21,23,25-26H,10,16-18H2,1-9H3,(H,32,35)/t21-,23+,25+,26+/m0/s1. The van der Waals surface area contributed by atoms with Gasteiger partial charge in [-0.1, -0.05) is 51.1 Å². The van der Waals surface area contributed by atoms with Gasteiger partial charge < -0.3 is 24.4 Å². The Kier molecular flexibility index (Phi) is 13.2. The third-order valence-corrected chi connectivity index (χ3v) is 7.64. The lowest BCUT2D eigenvalue weighted by Gasteiger charge is -2.34. The number of amides is 2. The van der Waals surface area contributed by atoms with Crippen LogP contribution in [0.5, 0.6) is 0 Å². The molecule has 0 radical (unpaired) electrons. The Morgan fingerprint density at radius 3 is 2.29 bits per heavy atom. The highest BCUT2D eigenvalue weighted by Gasteiger charge is 2.31. The van der Waals surface area contributed by atoms with Gasteiger partial charge in [-0.05, 0) is 52.0 Å². The van der Waals surface area contributed by atoms with Crippen LogP contribution in [-0.4, -0.2) is 66.3 Å². The Balaban J connectivity index is 2.17. The molecule has 2 amide bonds. The van der Waals surface area contributed by atoms with Crippen molar-refractivity contribution in [1.29, 1.82) is 0 Å². The van der Waals surface area contributed by atoms with E-state index in [0.717, 1.165) is 5.56 Å². The summed E-state index contributed by atoms with van der Waals surface area (Å²) in [6, 6.07) is 9.37. The number of esters is 1. The lowest BCUT2D eigenvalue weighted by atomic mass is 9.96. The van der Waals surface area contributed by atoms with Gasteiger partial charge in [-0.15, -0.1) is 11.3 Å². The monoisotopic (exact) mass is 589 g/mol. The van der Waals surface area contributed by atoms with Crippen LogP contribution in [0.2, 0.25) is 0 Å². The van der Waals surface area contributed by atoms with Crippen LogP contribution in [0.3, 0.4) is 0 Å². The summed E-state index contributed by atoms with van der Waals surface area (Å²) < 4.78 is 16.5. The number of carbonyl (C=O) groups is 3. The van der Waals surface area contributed by atoms with Crippen molar-refractivity contribution in [3.05, 3.63) is 52.0 Å². The number of thiazole rings is 1. The van der Waals surface area contributed by atoms with Crippen LogP contribution in [0.15, 0.2) is 35.7 Å². The second-order valence-electron chi connectivity index (χ2n) is 11.7. The second-order valence-corrected chi connectivity index (χ2v) is 12.6. The molecule has 1 aromatic heterocycles. The molecule has 41 heavy (non-hydrogen) atoms. The molecule has 2 aromatic rings. The van der Waals surface area contributed by atoms with E-state index in [0.29, 0.717) is 30.9 Å². The summed E-state index contributed by atoms with van der Waals surface area (Å²) in [5, 5.41) is 5.45. The van der Waals surface area contributed by atoms with Crippen molar-refractivity contribution in [3.8, 4) is 0 Å². The minimum Gasteiger partial charge on any atom is -0.466 e. The number of aromatic nitrogens is 1. The molecule has 0 spiro atoms. The van der Waals surface area contributed by atoms with Gasteiger partial charge in [-0.2, -0.15) is 0 Å². The average molecular weight is 590 g/mol. The Labute approximate surface area is 249 Å². The van der Waals surface area contributed by atoms with Crippen molar-refractivity contribution < 1.29 is 28.6 Å². The molecule has 0 aliphatic heterocycles. The highest BCUT2D eigenvalue weighted by Crippen LogP contribution is 2.30. The molecule has 1 aromatic carbocycles. The minimum absolute atomic E-state index is 0.132. The summed E-state index contributed by atoms with van der Waals surface area (Å²) in [6.07, 6.45) is 0.687. The van der Waals surface area contributed by atoms with Crippen LogP contribution in [-0.2, 0) is 25.4 Å². The zero-order valence-electron chi connectivity index (χ0n) is 25.9. The van der Waals surface area contributed by atoms with Crippen LogP contribution in [0.25, 0.3) is 0 Å². The summed E-state index contributed by atoms with van der Waals surface area (Å²) >= 11 is 1.35. The van der Waals surface area contributed by atoms with Crippen LogP contribution >= 0.6 is 11.3 Å². The molecular weight excluding hydrogens is 542 g/mol. The van der Waals surface area contributed by atoms with Crippen molar-refractivity contribution in [2.45, 2.75) is 91.5 Å². The van der Waals surface area contributed by atoms with Crippen LogP contribution in [0.4, 0.5) is 4.79 Å². The van der Waals surface area contributed by atoms with Gasteiger partial charge in [0.05, 0.1) is 12.5 Å². The fraction of sp³-hybridized carbons (Fsp3) is 0.613. The predicted octanol–water partition coefficient (Wildman–Crippen LogP) is 6.04. The van der Waals surface area contributed by atoms with E-state index in [1.165, 1.54) is 11.3 Å². The van der Waals surface area contributed by atoms with Crippen LogP contribution < -0.4 is 5.32 Å². The maximum Gasteiger partial charge on any atom is 0.410 e. The van der Waals surface area contributed by atoms with Gasteiger partial charge in [0, 0.05) is 38.0 Å². The molecule has 9 nitrogen and oxygen atoms in total. The third-order valence-electron chi connectivity index (χ3n) is 6.71. The normalized spacial score (nSPS) is 14.6. The average Bonchev–Trinajstić information content (AvgIpc) is 3.38. The second kappa shape index (κ2) is 15.9. The van der Waals surface area contributed by atoms with Gasteiger partial charge in [0.1, 0.15) is 22.4 Å². The Morgan fingerprint density at radius 2 is 1.73 bits per heavy atom. The van der Waals surface area contributed by atoms with Crippen molar-refractivity contribution in [3.63, 3.8) is 0 Å². The number of methoxy groups -OCH3 is 1. The number of nitrogens with one attached hydrogen (secondary N) is 1. The molecule has 0 fully saturated rings. The highest BCUT2D eigenvalue weighted by molar-refractivity contribution is 7.09. The van der Waals surface area contributed by atoms with Crippen molar-refractivity contribution in [1.82, 2.24) is 15.2 Å². The Morgan fingerprint density at radius 1 is 1.07 bits per heavy atom. The van der Waals surface area contributed by atoms with E-state index < -0.39 is 17.8 Å². The Bertz CT molecular complexity index is 1110. The van der Waals surface area contributed by atoms with Gasteiger partial charge in [0.2, 0.25) is 0 Å². The first kappa shape index (κ1) is 34.2. The molecule has 0 aliphatic carbocycles. The number of carbonyl (C=O) groups excluding carboxylic acids is 3. The summed E-state index contributed by atoms with van der Waals surface area (Å²) in [6.45, 7) is 13.5. The number of ether oxygens (including phenoxy) is 3. The highest BCUT2D eigenvalue weighted by atomic mass is 32.1. The third kappa shape index (κ3) is 11.1. The first-order valence-electron chi connectivity index (χ1n) is 14.2. The first-order valence-corrected chi connectivity index (χ1v) is 15.1. The summed E-state index contributed by atoms with van der Waals surface area (Å²) in [5.41, 5.74) is 0.744. The summed E-state index contributed by atoms with van der Waals surface area (Å²) in [5.74, 6) is -0.837. The number of hydrogen-bond donors (Lipinski definition) is 1. The molecular formula is C31H47N3O6S. The zero-order valence-corrected chi connectivity index (χ0v) is 26.7. The van der Waals surface area contributed by atoms with E-state index in [4.69, 9.17) is 14.2 Å². The van der Waals surface area contributed by atoms with E-state index in [1.807, 2.05) is 71.9 Å². The van der Waals surface area contributed by atoms with E-state index in [2.05, 4.69) is 10.3 Å². The fourth-order valence-corrected chi connectivity index (χ4v) is 5.45. The van der Waals surface area contributed by atoms with E-state index in [1.54, 1.807) is 31.4 Å². The maximum atomic E-state index is 13.3. The largest absolute Gasteiger partial charge is 0.466 e. The maximum absolute atomic E-state index is 13.3. The molecule has 228 valence electrons. The Hall–Kier alpha value is -2.98. The summed E-state index contributed by atoms with van der Waals surface area (Å²) in [7, 11) is 3.33. The summed E-state index contributed by atoms with van der Waals surface area (Å²) in [4.78, 5) is 44.6. The molecule has 0 saturated heterocycles. The number of hydrogen-bond acceptors (Lipinski definition) is 8. The zero-order chi connectivity index (χ0) is 30.7. The fourth-order valence-electron chi connectivity index (χ4n) is 4.56. The van der Waals surface area contributed by atoms with E-state index in [-0.39, 0.29) is 41.5 Å². The molecule has 0 aliphatic rings. The number of nitrogens with zero attached hydrogens (tertiary/aromatic N) is 2. The molecule has 0 bridgehead atoms. The molecule has 0 unspecified atom stereocenters. The lowest BCUT2D eigenvalue weighted by molar-refractivity contribution is -0.147. The van der Waals surface area contributed by atoms with Gasteiger partial charge in [-0.25, -0.2) is 9.78 Å².